The predicted octanol–water partition coefficient (Wildman–Crippen LogP) is 5.54. The lowest BCUT2D eigenvalue weighted by Crippen LogP contribution is -2.21. The van der Waals surface area contributed by atoms with Gasteiger partial charge in [0, 0.05) is 5.56 Å². The summed E-state index contributed by atoms with van der Waals surface area (Å²) in [4.78, 5) is 13.5. The maximum atomic E-state index is 13.5. The van der Waals surface area contributed by atoms with Gasteiger partial charge in [0.25, 0.3) is 5.91 Å². The molecule has 3 aromatic rings. The van der Waals surface area contributed by atoms with E-state index in [1.165, 1.54) is 5.01 Å². The molecule has 4 rings (SSSR count). The van der Waals surface area contributed by atoms with Gasteiger partial charge in [0.05, 0.1) is 21.4 Å². The van der Waals surface area contributed by atoms with Gasteiger partial charge in [-0.3, -0.25) is 4.79 Å². The minimum absolute atomic E-state index is 0.145. The van der Waals surface area contributed by atoms with E-state index in [4.69, 9.17) is 15.9 Å². The molecule has 0 bridgehead atoms. The number of anilines is 1. The Balaban J connectivity index is 1.80. The molecule has 0 fully saturated rings. The molecule has 0 aliphatic carbocycles. The monoisotopic (exact) mass is 548 g/mol. The van der Waals surface area contributed by atoms with Gasteiger partial charge in [-0.25, -0.2) is 0 Å². The van der Waals surface area contributed by atoms with E-state index < -0.39 is 0 Å². The van der Waals surface area contributed by atoms with Gasteiger partial charge >= 0.3 is 0 Å². The Morgan fingerprint density at radius 2 is 1.76 bits per heavy atom. The van der Waals surface area contributed by atoms with Crippen LogP contribution in [0.1, 0.15) is 18.1 Å². The van der Waals surface area contributed by atoms with Crippen LogP contribution in [0.25, 0.3) is 6.08 Å². The summed E-state index contributed by atoms with van der Waals surface area (Å²) in [7, 11) is 0. The molecular weight excluding hydrogens is 527 g/mol. The lowest BCUT2D eigenvalue weighted by molar-refractivity contribution is -0.114. The number of nitrogens with zero attached hydrogens (tertiary/aromatic N) is 2. The Labute approximate surface area is 206 Å². The maximum absolute atomic E-state index is 13.5. The quantitative estimate of drug-likeness (QED) is 0.222. The summed E-state index contributed by atoms with van der Waals surface area (Å²) in [6, 6.07) is 22.9. The third-order valence-electron chi connectivity index (χ3n) is 4.87. The summed E-state index contributed by atoms with van der Waals surface area (Å²) in [5, 5.41) is 6.12. The van der Waals surface area contributed by atoms with E-state index in [1.54, 1.807) is 0 Å². The van der Waals surface area contributed by atoms with E-state index >= 15 is 0 Å². The smallest absolute Gasteiger partial charge is 0.281 e. The molecule has 33 heavy (non-hydrogen) atoms. The fourth-order valence-electron chi connectivity index (χ4n) is 3.45. The highest BCUT2D eigenvalue weighted by Crippen LogP contribution is 2.36. The first-order chi connectivity index (χ1) is 16.1. The average Bonchev–Trinajstić information content (AvgIpc) is 3.16. The molecule has 1 amide bonds. The number of amides is 1. The SMILES string of the molecule is C#CCOc1c(I)cc(/C=C2\C(=O)N(c3ccccc3)N=C2c2ccccc2)cc1OCC. The Hall–Kier alpha value is -3.57. The molecule has 0 aromatic heterocycles. The summed E-state index contributed by atoms with van der Waals surface area (Å²) >= 11 is 2.18. The third kappa shape index (κ3) is 4.94. The van der Waals surface area contributed by atoms with E-state index in [9.17, 15) is 4.79 Å². The molecule has 1 heterocycles. The highest BCUT2D eigenvalue weighted by molar-refractivity contribution is 14.1. The van der Waals surface area contributed by atoms with Crippen LogP contribution in [0.3, 0.4) is 0 Å². The number of carbonyl (C=O) groups excluding carboxylic acids is 1. The summed E-state index contributed by atoms with van der Waals surface area (Å²) in [5.41, 5.74) is 3.50. The predicted molar refractivity (Wildman–Crippen MR) is 140 cm³/mol. The highest BCUT2D eigenvalue weighted by Gasteiger charge is 2.32. The molecule has 0 saturated carbocycles. The molecule has 0 N–H and O–H groups in total. The Bertz CT molecular complexity index is 1260. The second kappa shape index (κ2) is 10.4. The van der Waals surface area contributed by atoms with Gasteiger partial charge in [0.2, 0.25) is 0 Å². The number of ether oxygens (including phenoxy) is 2. The normalized spacial score (nSPS) is 14.2. The van der Waals surface area contributed by atoms with Gasteiger partial charge in [-0.05, 0) is 65.4 Å². The van der Waals surface area contributed by atoms with Gasteiger partial charge in [-0.1, -0.05) is 54.5 Å². The van der Waals surface area contributed by atoms with Gasteiger partial charge < -0.3 is 9.47 Å². The molecule has 0 spiro atoms. The van der Waals surface area contributed by atoms with Crippen LogP contribution in [0.2, 0.25) is 0 Å². The van der Waals surface area contributed by atoms with Crippen molar-refractivity contribution in [1.29, 1.82) is 0 Å². The van der Waals surface area contributed by atoms with E-state index in [-0.39, 0.29) is 12.5 Å². The molecule has 5 nitrogen and oxygen atoms in total. The summed E-state index contributed by atoms with van der Waals surface area (Å²) in [6.45, 7) is 2.52. The van der Waals surface area contributed by atoms with Crippen molar-refractivity contribution in [3.8, 4) is 23.8 Å². The van der Waals surface area contributed by atoms with Crippen molar-refractivity contribution in [1.82, 2.24) is 0 Å². The van der Waals surface area contributed by atoms with Crippen molar-refractivity contribution in [2.45, 2.75) is 6.92 Å². The van der Waals surface area contributed by atoms with E-state index in [0.717, 1.165) is 14.7 Å². The second-order valence-corrected chi connectivity index (χ2v) is 8.24. The Kier molecular flexibility index (Phi) is 7.10. The first kappa shape index (κ1) is 22.6. The zero-order chi connectivity index (χ0) is 23.2. The lowest BCUT2D eigenvalue weighted by atomic mass is 10.00. The van der Waals surface area contributed by atoms with Gasteiger partial charge in [-0.2, -0.15) is 10.1 Å². The van der Waals surface area contributed by atoms with E-state index in [2.05, 4.69) is 33.6 Å². The first-order valence-electron chi connectivity index (χ1n) is 10.4. The van der Waals surface area contributed by atoms with Crippen LogP contribution in [0.15, 0.2) is 83.5 Å². The molecule has 0 unspecified atom stereocenters. The van der Waals surface area contributed by atoms with Crippen LogP contribution >= 0.6 is 22.6 Å². The first-order valence-corrected chi connectivity index (χ1v) is 11.5. The van der Waals surface area contributed by atoms with Crippen LogP contribution in [0.4, 0.5) is 5.69 Å². The van der Waals surface area contributed by atoms with Crippen molar-refractivity contribution in [2.24, 2.45) is 5.10 Å². The molecule has 3 aromatic carbocycles. The van der Waals surface area contributed by atoms with Crippen LogP contribution in [0.5, 0.6) is 11.5 Å². The zero-order valence-corrected chi connectivity index (χ0v) is 20.2. The summed E-state index contributed by atoms with van der Waals surface area (Å²) < 4.78 is 12.3. The van der Waals surface area contributed by atoms with Crippen molar-refractivity contribution in [2.75, 3.05) is 18.2 Å². The molecule has 0 atom stereocenters. The number of benzene rings is 3. The van der Waals surface area contributed by atoms with Gasteiger partial charge in [0.1, 0.15) is 12.3 Å². The number of hydrogen-bond donors (Lipinski definition) is 0. The minimum atomic E-state index is -0.194. The molecule has 6 heteroatoms. The van der Waals surface area contributed by atoms with Crippen molar-refractivity contribution in [3.05, 3.63) is 93.1 Å². The topological polar surface area (TPSA) is 51.1 Å². The van der Waals surface area contributed by atoms with Crippen molar-refractivity contribution < 1.29 is 14.3 Å². The highest BCUT2D eigenvalue weighted by atomic mass is 127. The van der Waals surface area contributed by atoms with Gasteiger partial charge in [0.15, 0.2) is 11.5 Å². The molecule has 1 aliphatic heterocycles. The number of hydrazone groups is 1. The molecule has 0 saturated heterocycles. The number of carbonyl (C=O) groups is 1. The van der Waals surface area contributed by atoms with Crippen molar-refractivity contribution >= 4 is 46.0 Å². The number of hydrogen-bond acceptors (Lipinski definition) is 4. The van der Waals surface area contributed by atoms with Crippen molar-refractivity contribution in [3.63, 3.8) is 0 Å². The van der Waals surface area contributed by atoms with E-state index in [1.807, 2.05) is 85.8 Å². The number of rotatable bonds is 7. The number of terminal acetylenes is 1. The molecule has 1 aliphatic rings. The van der Waals surface area contributed by atoms with E-state index in [0.29, 0.717) is 35.1 Å². The summed E-state index contributed by atoms with van der Waals surface area (Å²) in [5.74, 6) is 3.46. The van der Waals surface area contributed by atoms with Crippen LogP contribution in [0, 0.1) is 15.9 Å². The lowest BCUT2D eigenvalue weighted by Gasteiger charge is -2.14. The maximum Gasteiger partial charge on any atom is 0.281 e. The fourth-order valence-corrected chi connectivity index (χ4v) is 4.23. The summed E-state index contributed by atoms with van der Waals surface area (Å²) in [6.07, 6.45) is 7.19. The van der Waals surface area contributed by atoms with Crippen LogP contribution in [-0.2, 0) is 4.79 Å². The molecule has 164 valence electrons. The van der Waals surface area contributed by atoms with Gasteiger partial charge in [-0.15, -0.1) is 6.42 Å². The molecule has 0 radical (unpaired) electrons. The standard InChI is InChI=1S/C27H21IN2O3/c1-3-15-33-26-23(28)17-19(18-24(26)32-4-2)16-22-25(20-11-7-5-8-12-20)29-30(27(22)31)21-13-9-6-10-14-21/h1,5-14,16-18H,4,15H2,2H3/b22-16-. The number of halogens is 1. The average molecular weight is 548 g/mol. The molecular formula is C27H21IN2O3. The van der Waals surface area contributed by atoms with Crippen LogP contribution < -0.4 is 14.5 Å². The number of para-hydroxylation sites is 1. The Morgan fingerprint density at radius 1 is 1.06 bits per heavy atom. The zero-order valence-electron chi connectivity index (χ0n) is 18.0. The Morgan fingerprint density at radius 3 is 2.42 bits per heavy atom. The van der Waals surface area contributed by atoms with Crippen LogP contribution in [-0.4, -0.2) is 24.8 Å². The largest absolute Gasteiger partial charge is 0.490 e. The minimum Gasteiger partial charge on any atom is -0.490 e. The second-order valence-electron chi connectivity index (χ2n) is 7.08. The fraction of sp³-hybridized carbons (Fsp3) is 0.111. The third-order valence-corrected chi connectivity index (χ3v) is 5.67.